The number of nitrogens with one attached hydrogen (secondary N) is 1. The minimum absolute atomic E-state index is 0.0348. The molecule has 0 aromatic heterocycles. The molecule has 3 unspecified atom stereocenters. The van der Waals surface area contributed by atoms with Crippen LogP contribution in [-0.4, -0.2) is 61.8 Å². The number of hydrogen-bond acceptors (Lipinski definition) is 6. The minimum atomic E-state index is -0.647. The largest absolute Gasteiger partial charge is 0.493 e. The van der Waals surface area contributed by atoms with Crippen LogP contribution in [-0.2, 0) is 16.0 Å². The monoisotopic (exact) mass is 649 g/mol. The maximum absolute atomic E-state index is 13.7. The number of rotatable bonds is 10. The molecule has 8 nitrogen and oxygen atoms in total. The van der Waals surface area contributed by atoms with Crippen molar-refractivity contribution in [3.8, 4) is 11.5 Å². The van der Waals surface area contributed by atoms with E-state index in [1.807, 2.05) is 67.4 Å². The highest BCUT2D eigenvalue weighted by atomic mass is 35.5. The molecule has 0 radical (unpaired) electrons. The first-order chi connectivity index (χ1) is 22.1. The van der Waals surface area contributed by atoms with Gasteiger partial charge in [-0.25, -0.2) is 0 Å². The Labute approximate surface area is 278 Å². The molecule has 4 atom stereocenters. The van der Waals surface area contributed by atoms with E-state index >= 15 is 0 Å². The fraction of sp³-hybridized carbons (Fsp3) is 0.459. The summed E-state index contributed by atoms with van der Waals surface area (Å²) in [6, 6.07) is 19.9. The van der Waals surface area contributed by atoms with Crippen molar-refractivity contribution in [1.82, 2.24) is 10.2 Å². The van der Waals surface area contributed by atoms with Gasteiger partial charge >= 0.3 is 5.97 Å². The van der Waals surface area contributed by atoms with E-state index in [-0.39, 0.29) is 36.4 Å². The Kier molecular flexibility index (Phi) is 12.5. The first kappa shape index (κ1) is 35.3. The molecule has 2 aliphatic rings. The topological polar surface area (TPSA) is 91.3 Å². The molecule has 3 aromatic carbocycles. The lowest BCUT2D eigenvalue weighted by Gasteiger charge is -2.38. The third kappa shape index (κ3) is 8.60. The second-order valence-corrected chi connectivity index (χ2v) is 12.7. The zero-order valence-electron chi connectivity index (χ0n) is 27.9. The van der Waals surface area contributed by atoms with Gasteiger partial charge in [0.05, 0.1) is 31.6 Å². The van der Waals surface area contributed by atoms with E-state index in [1.165, 1.54) is 5.56 Å². The number of aliphatic carboxylic acids is 1. The predicted molar refractivity (Wildman–Crippen MR) is 184 cm³/mol. The molecule has 2 N–H and O–H groups in total. The second-order valence-electron chi connectivity index (χ2n) is 12.2. The third-order valence-corrected chi connectivity index (χ3v) is 9.08. The number of carboxylic acid groups (broad SMARTS) is 1. The molecule has 46 heavy (non-hydrogen) atoms. The zero-order valence-corrected chi connectivity index (χ0v) is 28.6. The second kappa shape index (κ2) is 16.3. The normalized spacial score (nSPS) is 19.4. The molecule has 0 saturated carbocycles. The van der Waals surface area contributed by atoms with Crippen LogP contribution in [0.5, 0.6) is 11.5 Å². The summed E-state index contributed by atoms with van der Waals surface area (Å²) in [4.78, 5) is 28.1. The van der Waals surface area contributed by atoms with Crippen LogP contribution >= 0.6 is 11.6 Å². The number of ether oxygens (including phenoxy) is 2. The van der Waals surface area contributed by atoms with Gasteiger partial charge in [0.15, 0.2) is 11.5 Å². The van der Waals surface area contributed by atoms with Crippen LogP contribution in [0.4, 0.5) is 5.69 Å². The van der Waals surface area contributed by atoms with Crippen molar-refractivity contribution in [2.75, 3.05) is 38.7 Å². The van der Waals surface area contributed by atoms with E-state index in [2.05, 4.69) is 43.1 Å². The summed E-state index contributed by atoms with van der Waals surface area (Å²) in [6.07, 6.45) is 3.07. The highest BCUT2D eigenvalue weighted by Gasteiger charge is 2.36. The van der Waals surface area contributed by atoms with Gasteiger partial charge < -0.3 is 29.7 Å². The van der Waals surface area contributed by atoms with Crippen LogP contribution in [0.25, 0.3) is 0 Å². The number of likely N-dealkylation sites (tertiary alicyclic amines) is 1. The number of fused-ring (bicyclic) bond motifs is 1. The van der Waals surface area contributed by atoms with Crippen LogP contribution in [0.1, 0.15) is 81.3 Å². The Morgan fingerprint density at radius 2 is 1.76 bits per heavy atom. The highest BCUT2D eigenvalue weighted by Crippen LogP contribution is 2.44. The number of nitrogens with zero attached hydrogens (tertiary/aromatic N) is 2. The van der Waals surface area contributed by atoms with Crippen molar-refractivity contribution in [3.05, 3.63) is 87.9 Å². The van der Waals surface area contributed by atoms with Gasteiger partial charge in [0.25, 0.3) is 0 Å². The number of carboxylic acids is 1. The third-order valence-electron chi connectivity index (χ3n) is 8.83. The molecule has 9 heteroatoms. The lowest BCUT2D eigenvalue weighted by Crippen LogP contribution is -2.41. The van der Waals surface area contributed by atoms with E-state index in [9.17, 15) is 9.59 Å². The number of carbonyl (C=O) groups is 2. The van der Waals surface area contributed by atoms with Gasteiger partial charge in [-0.15, -0.1) is 0 Å². The average Bonchev–Trinajstić information content (AvgIpc) is 3.05. The van der Waals surface area contributed by atoms with Crippen molar-refractivity contribution >= 4 is 29.2 Å². The molecule has 248 valence electrons. The molecular weight excluding hydrogens is 602 g/mol. The number of methoxy groups -OCH3 is 1. The van der Waals surface area contributed by atoms with Crippen LogP contribution < -0.4 is 19.7 Å². The average molecular weight is 650 g/mol. The summed E-state index contributed by atoms with van der Waals surface area (Å²) in [7, 11) is 3.60. The summed E-state index contributed by atoms with van der Waals surface area (Å²) in [5, 5.41) is 12.7. The van der Waals surface area contributed by atoms with Gasteiger partial charge in [0, 0.05) is 23.3 Å². The van der Waals surface area contributed by atoms with Crippen molar-refractivity contribution in [3.63, 3.8) is 0 Å². The number of piperidine rings is 1. The molecular formula is C37H48ClN3O5. The first-order valence-electron chi connectivity index (χ1n) is 16.3. The maximum Gasteiger partial charge on any atom is 0.307 e. The standard InChI is InChI=1S/C30H35ClN2O3.C7H13NO2/c1-6-19(3)36-28-18-26-23(16-27(28)35-5)17-29(34)33(30(26)22-8-12-24(31)13-9-22)25-14-10-21(11-15-25)20(4)32-7-2;1-8-4-2-3-6(5-8)7(9)10/h8-16,18-20,30,32H,6-7,17H2,1-5H3;6H,2-5H2,1H3,(H,9,10)/t19-,20?,30?;/m1./s1. The zero-order chi connectivity index (χ0) is 33.4. The van der Waals surface area contributed by atoms with E-state index < -0.39 is 5.97 Å². The summed E-state index contributed by atoms with van der Waals surface area (Å²) in [5.41, 5.74) is 5.00. The summed E-state index contributed by atoms with van der Waals surface area (Å²) >= 11 is 6.22. The molecule has 3 aromatic rings. The maximum atomic E-state index is 13.7. The fourth-order valence-electron chi connectivity index (χ4n) is 6.09. The Morgan fingerprint density at radius 3 is 2.33 bits per heavy atom. The number of hydrogen-bond donors (Lipinski definition) is 2. The SMILES string of the molecule is CCNC(C)c1ccc(N2C(=O)Cc3cc(OC)c(O[C@H](C)CC)cc3C2c2ccc(Cl)cc2)cc1.CN1CCCC(C(=O)O)C1. The van der Waals surface area contributed by atoms with E-state index in [0.29, 0.717) is 16.5 Å². The lowest BCUT2D eigenvalue weighted by molar-refractivity contribution is -0.143. The van der Waals surface area contributed by atoms with Crippen molar-refractivity contribution < 1.29 is 24.2 Å². The summed E-state index contributed by atoms with van der Waals surface area (Å²) in [5.74, 6) is 0.596. The smallest absolute Gasteiger partial charge is 0.307 e. The van der Waals surface area contributed by atoms with Gasteiger partial charge in [-0.2, -0.15) is 0 Å². The van der Waals surface area contributed by atoms with Gasteiger partial charge in [0.1, 0.15) is 0 Å². The van der Waals surface area contributed by atoms with Crippen molar-refractivity contribution in [2.24, 2.45) is 5.92 Å². The van der Waals surface area contributed by atoms with Gasteiger partial charge in [-0.1, -0.05) is 49.7 Å². The minimum Gasteiger partial charge on any atom is -0.493 e. The van der Waals surface area contributed by atoms with Gasteiger partial charge in [0.2, 0.25) is 5.91 Å². The van der Waals surface area contributed by atoms with Crippen molar-refractivity contribution in [2.45, 2.75) is 71.6 Å². The summed E-state index contributed by atoms with van der Waals surface area (Å²) < 4.78 is 11.9. The van der Waals surface area contributed by atoms with E-state index in [0.717, 1.165) is 61.3 Å². The van der Waals surface area contributed by atoms with E-state index in [4.69, 9.17) is 26.2 Å². The molecule has 0 bridgehead atoms. The van der Waals surface area contributed by atoms with E-state index in [1.54, 1.807) is 7.11 Å². The molecule has 1 fully saturated rings. The van der Waals surface area contributed by atoms with Gasteiger partial charge in [-0.05, 0) is 112 Å². The van der Waals surface area contributed by atoms with Crippen LogP contribution in [0.15, 0.2) is 60.7 Å². The van der Waals surface area contributed by atoms with Crippen LogP contribution in [0, 0.1) is 5.92 Å². The number of benzene rings is 3. The van der Waals surface area contributed by atoms with Crippen LogP contribution in [0.2, 0.25) is 5.02 Å². The molecule has 2 aliphatic heterocycles. The van der Waals surface area contributed by atoms with Crippen LogP contribution in [0.3, 0.4) is 0 Å². The lowest BCUT2D eigenvalue weighted by atomic mass is 9.86. The first-order valence-corrected chi connectivity index (χ1v) is 16.6. The fourth-order valence-corrected chi connectivity index (χ4v) is 6.22. The number of halogens is 1. The molecule has 1 saturated heterocycles. The van der Waals surface area contributed by atoms with Crippen molar-refractivity contribution in [1.29, 1.82) is 0 Å². The molecule has 0 aliphatic carbocycles. The predicted octanol–water partition coefficient (Wildman–Crippen LogP) is 7.29. The summed E-state index contributed by atoms with van der Waals surface area (Å²) in [6.45, 7) is 11.0. The Hall–Kier alpha value is -3.59. The molecule has 2 heterocycles. The quantitative estimate of drug-likeness (QED) is 0.238. The molecule has 1 amide bonds. The highest BCUT2D eigenvalue weighted by molar-refractivity contribution is 6.30. The molecule has 5 rings (SSSR count). The number of anilines is 1. The Bertz CT molecular complexity index is 1460. The Morgan fingerprint density at radius 1 is 1.07 bits per heavy atom. The Balaban J connectivity index is 0.000000409. The molecule has 0 spiro atoms. The van der Waals surface area contributed by atoms with Gasteiger partial charge in [-0.3, -0.25) is 9.59 Å². The number of carbonyl (C=O) groups excluding carboxylic acids is 1. The number of amides is 1.